The molecule has 1 atom stereocenters. The second kappa shape index (κ2) is 7.32. The van der Waals surface area contributed by atoms with Crippen molar-refractivity contribution in [2.45, 2.75) is 28.9 Å². The minimum Gasteiger partial charge on any atom is -0.611 e. The predicted molar refractivity (Wildman–Crippen MR) is 95.1 cm³/mol. The zero-order valence-electron chi connectivity index (χ0n) is 14.0. The van der Waals surface area contributed by atoms with Gasteiger partial charge in [-0.2, -0.15) is 10.1 Å². The van der Waals surface area contributed by atoms with Crippen LogP contribution in [-0.4, -0.2) is 45.1 Å². The summed E-state index contributed by atoms with van der Waals surface area (Å²) in [6.07, 6.45) is 2.27. The lowest BCUT2D eigenvalue weighted by Crippen LogP contribution is -2.21. The van der Waals surface area contributed by atoms with Crippen molar-refractivity contribution in [3.8, 4) is 0 Å². The number of rotatable bonds is 5. The second-order valence-corrected chi connectivity index (χ2v) is 9.84. The van der Waals surface area contributed by atoms with Crippen LogP contribution in [0.15, 0.2) is 28.3 Å². The molecule has 0 radical (unpaired) electrons. The fraction of sp³-hybridized carbons (Fsp3) is 0.357. The standard InChI is InChI=1S/C14H17ClN4O4S2/c1-8(2)24(21)12-10(25(4,22)23)6-5-9(11(12)15)13(20)18-14-16-7-17-19(14)3/h5-8H,1-4H3,(H,16,17,18,20). The highest BCUT2D eigenvalue weighted by atomic mass is 35.5. The molecule has 136 valence electrons. The normalized spacial score (nSPS) is 13.1. The highest BCUT2D eigenvalue weighted by molar-refractivity contribution is 7.94. The summed E-state index contributed by atoms with van der Waals surface area (Å²) in [6.45, 7) is 3.34. The van der Waals surface area contributed by atoms with Crippen LogP contribution in [-0.2, 0) is 28.1 Å². The smallest absolute Gasteiger partial charge is 0.259 e. The second-order valence-electron chi connectivity index (χ2n) is 5.53. The first-order chi connectivity index (χ1) is 11.5. The molecule has 1 aromatic heterocycles. The number of hydrogen-bond acceptors (Lipinski definition) is 6. The Morgan fingerprint density at radius 3 is 2.52 bits per heavy atom. The van der Waals surface area contributed by atoms with Gasteiger partial charge in [0, 0.05) is 13.3 Å². The molecule has 11 heteroatoms. The van der Waals surface area contributed by atoms with Gasteiger partial charge in [-0.1, -0.05) is 11.6 Å². The largest absolute Gasteiger partial charge is 0.611 e. The van der Waals surface area contributed by atoms with Gasteiger partial charge in [-0.3, -0.25) is 10.1 Å². The molecule has 25 heavy (non-hydrogen) atoms. The van der Waals surface area contributed by atoms with Crippen LogP contribution in [0.25, 0.3) is 0 Å². The zero-order chi connectivity index (χ0) is 18.9. The molecular formula is C14H17ClN4O4S2. The minimum atomic E-state index is -3.67. The highest BCUT2D eigenvalue weighted by Crippen LogP contribution is 2.34. The van der Waals surface area contributed by atoms with Crippen LogP contribution in [0.4, 0.5) is 5.95 Å². The molecular weight excluding hydrogens is 388 g/mol. The van der Waals surface area contributed by atoms with E-state index in [9.17, 15) is 17.8 Å². The number of halogens is 1. The van der Waals surface area contributed by atoms with E-state index in [4.69, 9.17) is 11.6 Å². The van der Waals surface area contributed by atoms with Gasteiger partial charge in [0.05, 0.1) is 5.56 Å². The molecule has 0 aliphatic rings. The third-order valence-corrected chi connectivity index (χ3v) is 6.73. The lowest BCUT2D eigenvalue weighted by molar-refractivity contribution is 0.102. The minimum absolute atomic E-state index is 0.000988. The Hall–Kier alpha value is -1.62. The van der Waals surface area contributed by atoms with E-state index in [0.717, 1.165) is 6.26 Å². The summed E-state index contributed by atoms with van der Waals surface area (Å²) in [5.74, 6) is -0.414. The molecule has 0 aliphatic heterocycles. The van der Waals surface area contributed by atoms with Crippen molar-refractivity contribution >= 4 is 44.5 Å². The molecule has 1 heterocycles. The van der Waals surface area contributed by atoms with Crippen LogP contribution < -0.4 is 5.32 Å². The SMILES string of the molecule is CC(C)[S+]([O-])c1c(S(C)(=O)=O)ccc(C(=O)Nc2ncnn2C)c1Cl. The number of amides is 1. The number of hydrogen-bond donors (Lipinski definition) is 1. The Bertz CT molecular complexity index is 912. The molecule has 2 rings (SSSR count). The fourth-order valence-electron chi connectivity index (χ4n) is 2.01. The van der Waals surface area contributed by atoms with E-state index < -0.39 is 26.9 Å². The molecule has 0 fully saturated rings. The molecule has 0 saturated carbocycles. The van der Waals surface area contributed by atoms with Crippen molar-refractivity contribution in [3.63, 3.8) is 0 Å². The van der Waals surface area contributed by atoms with Gasteiger partial charge < -0.3 is 4.55 Å². The van der Waals surface area contributed by atoms with Gasteiger partial charge in [0.2, 0.25) is 5.95 Å². The van der Waals surface area contributed by atoms with Crippen molar-refractivity contribution in [3.05, 3.63) is 29.0 Å². The third-order valence-electron chi connectivity index (χ3n) is 3.27. The van der Waals surface area contributed by atoms with Gasteiger partial charge in [-0.25, -0.2) is 13.1 Å². The monoisotopic (exact) mass is 404 g/mol. The van der Waals surface area contributed by atoms with Crippen molar-refractivity contribution in [2.75, 3.05) is 11.6 Å². The first-order valence-corrected chi connectivity index (χ1v) is 10.6. The van der Waals surface area contributed by atoms with Gasteiger partial charge in [0.1, 0.15) is 21.5 Å². The van der Waals surface area contributed by atoms with Gasteiger partial charge >= 0.3 is 0 Å². The summed E-state index contributed by atoms with van der Waals surface area (Å²) < 4.78 is 37.9. The van der Waals surface area contributed by atoms with E-state index in [1.54, 1.807) is 20.9 Å². The Labute approximate surface area is 153 Å². The van der Waals surface area contributed by atoms with Crippen LogP contribution in [0.1, 0.15) is 24.2 Å². The number of aryl methyl sites for hydroxylation is 1. The van der Waals surface area contributed by atoms with Crippen LogP contribution in [0.5, 0.6) is 0 Å². The maximum Gasteiger partial charge on any atom is 0.259 e. The number of carbonyl (C=O) groups is 1. The Morgan fingerprint density at radius 1 is 1.40 bits per heavy atom. The molecule has 0 aliphatic carbocycles. The summed E-state index contributed by atoms with van der Waals surface area (Å²) >= 11 is 4.57. The quantitative estimate of drug-likeness (QED) is 0.757. The van der Waals surface area contributed by atoms with E-state index in [-0.39, 0.29) is 31.6 Å². The van der Waals surface area contributed by atoms with Crippen LogP contribution >= 0.6 is 11.6 Å². The number of benzene rings is 1. The number of carbonyl (C=O) groups excluding carboxylic acids is 1. The lowest BCUT2D eigenvalue weighted by Gasteiger charge is -2.19. The van der Waals surface area contributed by atoms with E-state index >= 15 is 0 Å². The maximum atomic E-state index is 12.6. The van der Waals surface area contributed by atoms with Crippen molar-refractivity contribution in [2.24, 2.45) is 7.05 Å². The summed E-state index contributed by atoms with van der Waals surface area (Å²) in [7, 11) is -2.08. The van der Waals surface area contributed by atoms with Crippen LogP contribution in [0.3, 0.4) is 0 Å². The molecule has 0 saturated heterocycles. The third kappa shape index (κ3) is 4.14. The summed E-state index contributed by atoms with van der Waals surface area (Å²) in [4.78, 5) is 16.1. The molecule has 2 aromatic rings. The van der Waals surface area contributed by atoms with Crippen LogP contribution in [0, 0.1) is 0 Å². The topological polar surface area (TPSA) is 117 Å². The number of anilines is 1. The van der Waals surface area contributed by atoms with E-state index in [0.29, 0.717) is 0 Å². The number of nitrogens with zero attached hydrogens (tertiary/aromatic N) is 3. The molecule has 1 N–H and O–H groups in total. The number of aromatic nitrogens is 3. The van der Waals surface area contributed by atoms with Gasteiger partial charge in [0.15, 0.2) is 14.7 Å². The molecule has 0 bridgehead atoms. The van der Waals surface area contributed by atoms with Gasteiger partial charge in [-0.05, 0) is 37.2 Å². The van der Waals surface area contributed by atoms with E-state index in [1.165, 1.54) is 23.1 Å². The van der Waals surface area contributed by atoms with Crippen molar-refractivity contribution in [1.82, 2.24) is 14.8 Å². The maximum absolute atomic E-state index is 12.6. The Balaban J connectivity index is 2.56. The average Bonchev–Trinajstić information content (AvgIpc) is 2.90. The van der Waals surface area contributed by atoms with Crippen molar-refractivity contribution < 1.29 is 17.8 Å². The van der Waals surface area contributed by atoms with Gasteiger partial charge in [0.25, 0.3) is 5.91 Å². The molecule has 0 spiro atoms. The molecule has 1 amide bonds. The van der Waals surface area contributed by atoms with Crippen LogP contribution in [0.2, 0.25) is 5.02 Å². The fourth-order valence-corrected chi connectivity index (χ4v) is 5.02. The van der Waals surface area contributed by atoms with E-state index in [1.807, 2.05) is 0 Å². The first-order valence-electron chi connectivity index (χ1n) is 7.12. The highest BCUT2D eigenvalue weighted by Gasteiger charge is 2.31. The Morgan fingerprint density at radius 2 is 2.04 bits per heavy atom. The zero-order valence-corrected chi connectivity index (χ0v) is 16.4. The first kappa shape index (κ1) is 19.7. The predicted octanol–water partition coefficient (Wildman–Crippen LogP) is 1.64. The van der Waals surface area contributed by atoms with Crippen molar-refractivity contribution in [1.29, 1.82) is 0 Å². The summed E-state index contributed by atoms with van der Waals surface area (Å²) in [6, 6.07) is 2.52. The number of sulfone groups is 1. The van der Waals surface area contributed by atoms with E-state index in [2.05, 4.69) is 15.4 Å². The number of nitrogens with one attached hydrogen (secondary N) is 1. The summed E-state index contributed by atoms with van der Waals surface area (Å²) in [5.41, 5.74) is 0.000988. The van der Waals surface area contributed by atoms with Gasteiger partial charge in [-0.15, -0.1) is 0 Å². The lowest BCUT2D eigenvalue weighted by atomic mass is 10.2. The Kier molecular flexibility index (Phi) is 5.77. The molecule has 1 aromatic carbocycles. The molecule has 1 unspecified atom stereocenters. The summed E-state index contributed by atoms with van der Waals surface area (Å²) in [5, 5.41) is 5.81. The molecule has 8 nitrogen and oxygen atoms in total. The average molecular weight is 405 g/mol.